The first-order valence-corrected chi connectivity index (χ1v) is 16.9. The van der Waals surface area contributed by atoms with Crippen molar-refractivity contribution in [2.24, 2.45) is 0 Å². The summed E-state index contributed by atoms with van der Waals surface area (Å²) < 4.78 is 33.9. The van der Waals surface area contributed by atoms with Gasteiger partial charge in [0.05, 0.1) is 12.0 Å². The second-order valence-electron chi connectivity index (χ2n) is 11.7. The molecule has 4 aromatic rings. The Morgan fingerprint density at radius 3 is 2.45 bits per heavy atom. The van der Waals surface area contributed by atoms with Crippen molar-refractivity contribution in [2.75, 3.05) is 27.7 Å². The van der Waals surface area contributed by atoms with Crippen LogP contribution in [-0.4, -0.2) is 63.8 Å². The van der Waals surface area contributed by atoms with Gasteiger partial charge in [-0.15, -0.1) is 0 Å². The van der Waals surface area contributed by atoms with E-state index >= 15 is 0 Å². The minimum Gasteiger partial charge on any atom is -0.496 e. The average Bonchev–Trinajstić information content (AvgIpc) is 3.46. The zero-order chi connectivity index (χ0) is 34.3. The fourth-order valence-corrected chi connectivity index (χ4v) is 6.66. The lowest BCUT2D eigenvalue weighted by atomic mass is 9.85. The number of hydrogen-bond donors (Lipinski definition) is 3. The summed E-state index contributed by atoms with van der Waals surface area (Å²) in [7, 11) is 0.789. The third-order valence-corrected chi connectivity index (χ3v) is 9.51. The van der Waals surface area contributed by atoms with Crippen LogP contribution in [0.25, 0.3) is 17.0 Å². The summed E-state index contributed by atoms with van der Waals surface area (Å²) >= 11 is 0. The number of carbonyl (C=O) groups is 3. The van der Waals surface area contributed by atoms with Gasteiger partial charge >= 0.3 is 0 Å². The predicted octanol–water partition coefficient (Wildman–Crippen LogP) is 5.53. The number of methoxy groups -OCH3 is 1. The normalized spacial score (nSPS) is 12.4. The maximum absolute atomic E-state index is 13.2. The minimum absolute atomic E-state index is 0.0212. The van der Waals surface area contributed by atoms with E-state index in [1.807, 2.05) is 37.4 Å². The molecule has 1 atom stereocenters. The van der Waals surface area contributed by atoms with Crippen molar-refractivity contribution in [3.05, 3.63) is 100 Å². The Kier molecular flexibility index (Phi) is 11.3. The number of fused-ring (bicyclic) bond motifs is 1. The molecule has 10 nitrogen and oxygen atoms in total. The summed E-state index contributed by atoms with van der Waals surface area (Å²) in [5.41, 5.74) is 4.58. The Morgan fingerprint density at radius 1 is 1.02 bits per heavy atom. The average molecular weight is 659 g/mol. The molecule has 3 N–H and O–H groups in total. The molecule has 0 aliphatic carbocycles. The Labute approximate surface area is 276 Å². The van der Waals surface area contributed by atoms with E-state index in [-0.39, 0.29) is 34.6 Å². The number of rotatable bonds is 13. The van der Waals surface area contributed by atoms with Crippen LogP contribution in [0.3, 0.4) is 0 Å². The number of amides is 3. The number of aromatic nitrogens is 1. The second kappa shape index (κ2) is 15.1. The van der Waals surface area contributed by atoms with Gasteiger partial charge in [-0.3, -0.25) is 14.4 Å². The summed E-state index contributed by atoms with van der Waals surface area (Å²) in [4.78, 5) is 43.3. The number of H-pyrrole nitrogens is 1. The van der Waals surface area contributed by atoms with Gasteiger partial charge in [-0.1, -0.05) is 37.3 Å². The van der Waals surface area contributed by atoms with Crippen molar-refractivity contribution >= 4 is 44.7 Å². The van der Waals surface area contributed by atoms with Crippen LogP contribution >= 0.6 is 0 Å². The van der Waals surface area contributed by atoms with Gasteiger partial charge in [0.15, 0.2) is 0 Å². The van der Waals surface area contributed by atoms with Crippen LogP contribution in [0, 0.1) is 6.92 Å². The van der Waals surface area contributed by atoms with Crippen molar-refractivity contribution in [1.82, 2.24) is 19.9 Å². The van der Waals surface area contributed by atoms with Crippen LogP contribution < -0.4 is 14.8 Å². The maximum atomic E-state index is 13.2. The van der Waals surface area contributed by atoms with Crippen molar-refractivity contribution in [3.8, 4) is 5.75 Å². The van der Waals surface area contributed by atoms with E-state index in [4.69, 9.17) is 4.74 Å². The molecule has 47 heavy (non-hydrogen) atoms. The first-order chi connectivity index (χ1) is 22.4. The molecule has 1 unspecified atom stereocenters. The first kappa shape index (κ1) is 35.0. The summed E-state index contributed by atoms with van der Waals surface area (Å²) in [6.07, 6.45) is 5.27. The van der Waals surface area contributed by atoms with Gasteiger partial charge < -0.3 is 19.9 Å². The van der Waals surface area contributed by atoms with E-state index in [2.05, 4.69) is 15.0 Å². The van der Waals surface area contributed by atoms with Crippen molar-refractivity contribution in [2.45, 2.75) is 50.8 Å². The van der Waals surface area contributed by atoms with Gasteiger partial charge in [0, 0.05) is 66.8 Å². The molecule has 11 heteroatoms. The Morgan fingerprint density at radius 2 is 1.77 bits per heavy atom. The molecule has 0 fully saturated rings. The molecule has 3 aromatic carbocycles. The van der Waals surface area contributed by atoms with Crippen LogP contribution in [0.1, 0.15) is 71.6 Å². The molecule has 1 aromatic heterocycles. The van der Waals surface area contributed by atoms with E-state index in [0.29, 0.717) is 29.9 Å². The van der Waals surface area contributed by atoms with Crippen molar-refractivity contribution in [1.29, 1.82) is 0 Å². The molecule has 0 aliphatic heterocycles. The number of benzene rings is 3. The minimum atomic E-state index is -4.11. The van der Waals surface area contributed by atoms with Gasteiger partial charge in [-0.2, -0.15) is 0 Å². The van der Waals surface area contributed by atoms with Crippen LogP contribution in [0.4, 0.5) is 0 Å². The number of aromatic amines is 1. The first-order valence-electron chi connectivity index (χ1n) is 15.4. The maximum Gasteiger partial charge on any atom is 0.265 e. The topological polar surface area (TPSA) is 138 Å². The van der Waals surface area contributed by atoms with E-state index in [1.54, 1.807) is 63.2 Å². The number of sulfonamides is 1. The van der Waals surface area contributed by atoms with E-state index in [1.165, 1.54) is 19.2 Å². The zero-order valence-corrected chi connectivity index (χ0v) is 28.5. The monoisotopic (exact) mass is 658 g/mol. The molecular formula is C36H42N4O6S. The van der Waals surface area contributed by atoms with E-state index < -0.39 is 15.9 Å². The molecule has 0 radical (unpaired) electrons. The van der Waals surface area contributed by atoms with E-state index in [9.17, 15) is 22.8 Å². The molecule has 3 amide bonds. The summed E-state index contributed by atoms with van der Waals surface area (Å²) in [5, 5.41) is 3.81. The smallest absolute Gasteiger partial charge is 0.265 e. The highest BCUT2D eigenvalue weighted by Crippen LogP contribution is 2.39. The number of ether oxygens (including phenoxy) is 1. The number of nitrogens with zero attached hydrogens (tertiary/aromatic N) is 1. The molecule has 1 heterocycles. The molecule has 0 saturated carbocycles. The number of nitrogens with one attached hydrogen (secondary N) is 3. The SMILES string of the molecule is CCCNC(=O)C(C)=Cc1ccc2[nH]cc(C(CCC(=O)N(C)C)c3ccc(C(=O)NS(=O)(=O)c4ccccc4C)cc3OC)c2c1. The van der Waals surface area contributed by atoms with Gasteiger partial charge in [0.2, 0.25) is 11.8 Å². The lowest BCUT2D eigenvalue weighted by Gasteiger charge is -2.21. The van der Waals surface area contributed by atoms with Crippen LogP contribution in [-0.2, 0) is 19.6 Å². The molecular weight excluding hydrogens is 616 g/mol. The molecule has 0 spiro atoms. The van der Waals surface area contributed by atoms with Gasteiger partial charge in [0.1, 0.15) is 5.75 Å². The fourth-order valence-electron chi connectivity index (χ4n) is 5.44. The van der Waals surface area contributed by atoms with Crippen molar-refractivity contribution in [3.63, 3.8) is 0 Å². The second-order valence-corrected chi connectivity index (χ2v) is 13.3. The molecule has 0 bridgehead atoms. The van der Waals surface area contributed by atoms with Crippen molar-refractivity contribution < 1.29 is 27.5 Å². The fraction of sp³-hybridized carbons (Fsp3) is 0.306. The summed E-state index contributed by atoms with van der Waals surface area (Å²) in [6, 6.07) is 17.1. The highest BCUT2D eigenvalue weighted by Gasteiger charge is 2.26. The highest BCUT2D eigenvalue weighted by molar-refractivity contribution is 7.90. The lowest BCUT2D eigenvalue weighted by molar-refractivity contribution is -0.128. The number of aryl methyl sites for hydroxylation is 1. The zero-order valence-electron chi connectivity index (χ0n) is 27.6. The quantitative estimate of drug-likeness (QED) is 0.162. The van der Waals surface area contributed by atoms with Gasteiger partial charge in [-0.05, 0) is 79.8 Å². The Bertz CT molecular complexity index is 1930. The molecule has 0 saturated heterocycles. The largest absolute Gasteiger partial charge is 0.496 e. The summed E-state index contributed by atoms with van der Waals surface area (Å²) in [6.45, 7) is 6.03. The number of hydrogen-bond acceptors (Lipinski definition) is 6. The molecule has 4 rings (SSSR count). The Balaban J connectivity index is 1.73. The van der Waals surface area contributed by atoms with Gasteiger partial charge in [-0.25, -0.2) is 13.1 Å². The standard InChI is InChI=1S/C36H42N4O6S/c1-7-18-37-35(42)24(3)19-25-12-16-31-29(20-25)30(22-38-31)27(15-17-34(41)40(4)5)28-14-13-26(21-32(28)46-6)36(43)39-47(44,45)33-11-9-8-10-23(33)2/h8-14,16,19-22,27,38H,7,15,17-18H2,1-6H3,(H,37,42)(H,39,43). The van der Waals surface area contributed by atoms with Gasteiger partial charge in [0.25, 0.3) is 15.9 Å². The lowest BCUT2D eigenvalue weighted by Crippen LogP contribution is -2.31. The third kappa shape index (κ3) is 8.28. The van der Waals surface area contributed by atoms with Crippen LogP contribution in [0.15, 0.2) is 77.3 Å². The molecule has 248 valence electrons. The van der Waals surface area contributed by atoms with Crippen LogP contribution in [0.2, 0.25) is 0 Å². The van der Waals surface area contributed by atoms with Crippen LogP contribution in [0.5, 0.6) is 5.75 Å². The highest BCUT2D eigenvalue weighted by atomic mass is 32.2. The molecule has 0 aliphatic rings. The third-order valence-electron chi connectivity index (χ3n) is 8.02. The summed E-state index contributed by atoms with van der Waals surface area (Å²) in [5.74, 6) is -0.907. The predicted molar refractivity (Wildman–Crippen MR) is 184 cm³/mol. The Hall–Kier alpha value is -4.90. The number of carbonyl (C=O) groups excluding carboxylic acids is 3. The van der Waals surface area contributed by atoms with E-state index in [0.717, 1.165) is 34.0 Å².